The van der Waals surface area contributed by atoms with Crippen LogP contribution in [0.3, 0.4) is 0 Å². The summed E-state index contributed by atoms with van der Waals surface area (Å²) in [5.74, 6) is 1.14. The molecule has 0 aliphatic carbocycles. The average molecular weight is 255 g/mol. The molecule has 5 nitrogen and oxygen atoms in total. The third kappa shape index (κ3) is 2.52. The van der Waals surface area contributed by atoms with Crippen LogP contribution in [0.5, 0.6) is 0 Å². The van der Waals surface area contributed by atoms with Gasteiger partial charge in [0.05, 0.1) is 5.69 Å². The lowest BCUT2D eigenvalue weighted by molar-refractivity contribution is 0.0760. The lowest BCUT2D eigenvalue weighted by Crippen LogP contribution is -2.42. The Bertz CT molecular complexity index is 446. The molecule has 6 heteroatoms. The molecule has 0 radical (unpaired) electrons. The predicted octanol–water partition coefficient (Wildman–Crippen LogP) is 0.295. The van der Waals surface area contributed by atoms with Crippen LogP contribution in [0.2, 0.25) is 0 Å². The molecule has 1 aliphatic heterocycles. The van der Waals surface area contributed by atoms with Crippen LogP contribution < -0.4 is 5.73 Å². The van der Waals surface area contributed by atoms with Gasteiger partial charge in [0.15, 0.2) is 0 Å². The number of hydrogen-bond donors (Lipinski definition) is 1. The minimum absolute atomic E-state index is 0.0137. The van der Waals surface area contributed by atoms with Gasteiger partial charge in [0.25, 0.3) is 5.91 Å². The topological polar surface area (TPSA) is 68.3 Å². The van der Waals surface area contributed by atoms with Crippen LogP contribution in [-0.4, -0.2) is 44.2 Å². The van der Waals surface area contributed by atoms with E-state index in [1.54, 1.807) is 17.2 Å². The molecule has 2 rings (SSSR count). The van der Waals surface area contributed by atoms with Crippen molar-refractivity contribution >= 4 is 22.4 Å². The Morgan fingerprint density at radius 2 is 2.12 bits per heavy atom. The Hall–Kier alpha value is -1.30. The second kappa shape index (κ2) is 4.91. The number of aryl methyl sites for hydroxylation is 1. The van der Waals surface area contributed by atoms with Crippen LogP contribution >= 0.6 is 0 Å². The van der Waals surface area contributed by atoms with Crippen LogP contribution in [0.25, 0.3) is 0 Å². The SMILES string of the molecule is CCn1cc(N)cc1C(=O)N1CCS(=O)CC1. The van der Waals surface area contributed by atoms with Crippen LogP contribution in [0.4, 0.5) is 5.69 Å². The largest absolute Gasteiger partial charge is 0.397 e. The molecule has 1 fully saturated rings. The number of rotatable bonds is 2. The monoisotopic (exact) mass is 255 g/mol. The number of nitrogens with two attached hydrogens (primary N) is 1. The summed E-state index contributed by atoms with van der Waals surface area (Å²) in [5.41, 5.74) is 6.93. The zero-order valence-electron chi connectivity index (χ0n) is 9.89. The molecule has 17 heavy (non-hydrogen) atoms. The summed E-state index contributed by atoms with van der Waals surface area (Å²) in [7, 11) is -0.761. The van der Waals surface area contributed by atoms with E-state index < -0.39 is 10.8 Å². The highest BCUT2D eigenvalue weighted by Gasteiger charge is 2.23. The number of carbonyl (C=O) groups excluding carboxylic acids is 1. The lowest BCUT2D eigenvalue weighted by atomic mass is 10.3. The number of nitrogen functional groups attached to an aromatic ring is 1. The fraction of sp³-hybridized carbons (Fsp3) is 0.545. The molecule has 0 spiro atoms. The first-order chi connectivity index (χ1) is 8.11. The molecule has 0 saturated carbocycles. The Balaban J connectivity index is 2.16. The maximum Gasteiger partial charge on any atom is 0.270 e. The van der Waals surface area contributed by atoms with Gasteiger partial charge < -0.3 is 15.2 Å². The van der Waals surface area contributed by atoms with Crippen LogP contribution in [0, 0.1) is 0 Å². The Morgan fingerprint density at radius 1 is 1.47 bits per heavy atom. The molecule has 0 unspecified atom stereocenters. The number of carbonyl (C=O) groups is 1. The molecule has 0 aromatic carbocycles. The number of nitrogens with zero attached hydrogens (tertiary/aromatic N) is 2. The molecule has 1 aliphatic rings. The Labute approximate surface area is 103 Å². The molecular weight excluding hydrogens is 238 g/mol. The first kappa shape index (κ1) is 12.2. The smallest absolute Gasteiger partial charge is 0.270 e. The van der Waals surface area contributed by atoms with Gasteiger partial charge in [0.1, 0.15) is 5.69 Å². The zero-order valence-corrected chi connectivity index (χ0v) is 10.7. The second-order valence-electron chi connectivity index (χ2n) is 4.08. The van der Waals surface area contributed by atoms with E-state index in [-0.39, 0.29) is 5.91 Å². The Morgan fingerprint density at radius 3 is 2.71 bits per heavy atom. The fourth-order valence-corrected chi connectivity index (χ4v) is 3.03. The summed E-state index contributed by atoms with van der Waals surface area (Å²) in [6.07, 6.45) is 1.77. The minimum Gasteiger partial charge on any atom is -0.397 e. The van der Waals surface area contributed by atoms with E-state index in [9.17, 15) is 9.00 Å². The van der Waals surface area contributed by atoms with Crippen LogP contribution in [0.15, 0.2) is 12.3 Å². The zero-order chi connectivity index (χ0) is 12.4. The van der Waals surface area contributed by atoms with E-state index in [0.717, 1.165) is 6.54 Å². The fourth-order valence-electron chi connectivity index (χ4n) is 1.98. The van der Waals surface area contributed by atoms with Crippen molar-refractivity contribution < 1.29 is 9.00 Å². The van der Waals surface area contributed by atoms with Gasteiger partial charge >= 0.3 is 0 Å². The maximum atomic E-state index is 12.3. The minimum atomic E-state index is -0.761. The van der Waals surface area contributed by atoms with E-state index in [1.165, 1.54) is 0 Å². The van der Waals surface area contributed by atoms with Gasteiger partial charge in [-0.15, -0.1) is 0 Å². The van der Waals surface area contributed by atoms with Gasteiger partial charge in [-0.1, -0.05) is 0 Å². The molecule has 1 aromatic rings. The molecule has 2 heterocycles. The molecule has 0 bridgehead atoms. The quantitative estimate of drug-likeness (QED) is 0.826. The van der Waals surface area contributed by atoms with Crippen molar-refractivity contribution in [3.05, 3.63) is 18.0 Å². The van der Waals surface area contributed by atoms with E-state index in [2.05, 4.69) is 0 Å². The van der Waals surface area contributed by atoms with Crippen molar-refractivity contribution in [1.82, 2.24) is 9.47 Å². The highest BCUT2D eigenvalue weighted by atomic mass is 32.2. The summed E-state index contributed by atoms with van der Waals surface area (Å²) in [4.78, 5) is 14.0. The molecule has 94 valence electrons. The van der Waals surface area contributed by atoms with Crippen LogP contribution in [0.1, 0.15) is 17.4 Å². The molecule has 0 atom stereocenters. The van der Waals surface area contributed by atoms with Crippen molar-refractivity contribution in [3.8, 4) is 0 Å². The molecule has 1 saturated heterocycles. The maximum absolute atomic E-state index is 12.3. The average Bonchev–Trinajstić information content (AvgIpc) is 2.70. The van der Waals surface area contributed by atoms with Gasteiger partial charge in [-0.05, 0) is 13.0 Å². The van der Waals surface area contributed by atoms with Crippen molar-refractivity contribution in [3.63, 3.8) is 0 Å². The molecule has 2 N–H and O–H groups in total. The van der Waals surface area contributed by atoms with Gasteiger partial charge in [-0.3, -0.25) is 9.00 Å². The van der Waals surface area contributed by atoms with Gasteiger partial charge in [-0.25, -0.2) is 0 Å². The van der Waals surface area contributed by atoms with E-state index in [4.69, 9.17) is 5.73 Å². The third-order valence-electron chi connectivity index (χ3n) is 2.94. The number of hydrogen-bond acceptors (Lipinski definition) is 3. The van der Waals surface area contributed by atoms with Crippen molar-refractivity contribution in [2.45, 2.75) is 13.5 Å². The molecular formula is C11H17N3O2S. The van der Waals surface area contributed by atoms with Crippen molar-refractivity contribution in [1.29, 1.82) is 0 Å². The van der Waals surface area contributed by atoms with Crippen LogP contribution in [-0.2, 0) is 17.3 Å². The lowest BCUT2D eigenvalue weighted by Gasteiger charge is -2.26. The Kier molecular flexibility index (Phi) is 3.51. The van der Waals surface area contributed by atoms with Gasteiger partial charge in [-0.2, -0.15) is 0 Å². The number of aromatic nitrogens is 1. The number of amides is 1. The van der Waals surface area contributed by atoms with Crippen molar-refractivity contribution in [2.24, 2.45) is 0 Å². The molecule has 1 amide bonds. The van der Waals surface area contributed by atoms with Gasteiger partial charge in [0, 0.05) is 48.1 Å². The van der Waals surface area contributed by atoms with E-state index >= 15 is 0 Å². The third-order valence-corrected chi connectivity index (χ3v) is 4.22. The molecule has 1 aromatic heterocycles. The summed E-state index contributed by atoms with van der Waals surface area (Å²) in [6, 6.07) is 1.71. The van der Waals surface area contributed by atoms with E-state index in [1.807, 2.05) is 11.5 Å². The van der Waals surface area contributed by atoms with Gasteiger partial charge in [0.2, 0.25) is 0 Å². The second-order valence-corrected chi connectivity index (χ2v) is 5.78. The summed E-state index contributed by atoms with van der Waals surface area (Å²) in [6.45, 7) is 3.83. The highest BCUT2D eigenvalue weighted by Crippen LogP contribution is 2.14. The summed E-state index contributed by atoms with van der Waals surface area (Å²) < 4.78 is 13.1. The highest BCUT2D eigenvalue weighted by molar-refractivity contribution is 7.85. The first-order valence-corrected chi connectivity index (χ1v) is 7.20. The summed E-state index contributed by atoms with van der Waals surface area (Å²) >= 11 is 0. The normalized spacial score (nSPS) is 17.4. The standard InChI is InChI=1S/C11H17N3O2S/c1-2-13-8-9(12)7-10(13)11(15)14-3-5-17(16)6-4-14/h7-8H,2-6,12H2,1H3. The van der Waals surface area contributed by atoms with E-state index in [0.29, 0.717) is 36.0 Å². The predicted molar refractivity (Wildman–Crippen MR) is 68.3 cm³/mol. The number of anilines is 1. The van der Waals surface area contributed by atoms with Crippen molar-refractivity contribution in [2.75, 3.05) is 30.3 Å². The first-order valence-electron chi connectivity index (χ1n) is 5.71. The summed E-state index contributed by atoms with van der Waals surface area (Å²) in [5, 5.41) is 0.